The summed E-state index contributed by atoms with van der Waals surface area (Å²) in [7, 11) is 1.46. The second kappa shape index (κ2) is 14.7. The van der Waals surface area contributed by atoms with Crippen LogP contribution in [-0.2, 0) is 29.0 Å². The molecular formula is C35H42O4. The van der Waals surface area contributed by atoms with Crippen molar-refractivity contribution in [3.05, 3.63) is 101 Å². The Kier molecular flexibility index (Phi) is 10.8. The molecule has 206 valence electrons. The second-order valence-corrected chi connectivity index (χ2v) is 10.9. The maximum atomic E-state index is 11.9. The van der Waals surface area contributed by atoms with Gasteiger partial charge in [-0.3, -0.25) is 9.59 Å². The van der Waals surface area contributed by atoms with E-state index in [1.165, 1.54) is 42.2 Å². The number of methoxy groups -OCH3 is 1. The third kappa shape index (κ3) is 8.54. The van der Waals surface area contributed by atoms with Crippen molar-refractivity contribution in [1.82, 2.24) is 0 Å². The molecule has 3 aromatic rings. The smallest absolute Gasteiger partial charge is 0.305 e. The van der Waals surface area contributed by atoms with Crippen LogP contribution in [0.4, 0.5) is 0 Å². The van der Waals surface area contributed by atoms with Gasteiger partial charge in [-0.1, -0.05) is 73.5 Å². The first-order chi connectivity index (χ1) is 19.0. The van der Waals surface area contributed by atoms with Crippen LogP contribution in [0.2, 0.25) is 0 Å². The molecule has 2 unspecified atom stereocenters. The van der Waals surface area contributed by atoms with Gasteiger partial charge in [-0.2, -0.15) is 0 Å². The molecule has 0 bridgehead atoms. The average Bonchev–Trinajstić information content (AvgIpc) is 2.97. The minimum atomic E-state index is -0.126. The van der Waals surface area contributed by atoms with Gasteiger partial charge in [0.2, 0.25) is 0 Å². The minimum Gasteiger partial charge on any atom is -0.489 e. The molecule has 1 aliphatic carbocycles. The zero-order chi connectivity index (χ0) is 27.5. The summed E-state index contributed by atoms with van der Waals surface area (Å²) in [5.41, 5.74) is 6.02. The number of carbonyl (C=O) groups excluding carboxylic acids is 2. The molecule has 0 aliphatic heterocycles. The number of fused-ring (bicyclic) bond motifs is 1. The number of unbranched alkanes of at least 4 members (excludes halogenated alkanes) is 1. The Labute approximate surface area is 233 Å². The molecule has 0 spiro atoms. The van der Waals surface area contributed by atoms with Crippen LogP contribution in [0.15, 0.2) is 72.8 Å². The highest BCUT2D eigenvalue weighted by atomic mass is 16.5. The molecule has 0 saturated heterocycles. The molecule has 1 aliphatic rings. The quantitative estimate of drug-likeness (QED) is 0.121. The number of ketones is 1. The molecule has 39 heavy (non-hydrogen) atoms. The van der Waals surface area contributed by atoms with E-state index in [1.54, 1.807) is 6.92 Å². The Bertz CT molecular complexity index is 1220. The maximum absolute atomic E-state index is 11.9. The van der Waals surface area contributed by atoms with Crippen LogP contribution in [-0.4, -0.2) is 18.9 Å². The number of ether oxygens (including phenoxy) is 2. The Balaban J connectivity index is 1.43. The third-order valence-corrected chi connectivity index (χ3v) is 8.11. The topological polar surface area (TPSA) is 52.6 Å². The third-order valence-electron chi connectivity index (χ3n) is 8.11. The number of para-hydroxylation sites is 1. The van der Waals surface area contributed by atoms with Crippen molar-refractivity contribution in [2.24, 2.45) is 5.92 Å². The lowest BCUT2D eigenvalue weighted by Gasteiger charge is -2.30. The molecular weight excluding hydrogens is 484 g/mol. The molecule has 0 aromatic heterocycles. The monoisotopic (exact) mass is 526 g/mol. The number of hydrogen-bond donors (Lipinski definition) is 0. The van der Waals surface area contributed by atoms with Gasteiger partial charge in [0.25, 0.3) is 0 Å². The van der Waals surface area contributed by atoms with Crippen molar-refractivity contribution in [2.45, 2.75) is 83.7 Å². The standard InChI is InChI=1S/C35H42O4/c1-26(36)30-21-22-33-31(15-10-16-32(33)24-30)23-27(11-6-9-18-35(37)38-2)19-20-29-14-7-8-17-34(29)39-25-28-12-4-3-5-13-28/h3-5,7-8,12-14,17,21-22,24,27,31H,6,9-11,15-16,18-20,23,25H2,1-2H3. The van der Waals surface area contributed by atoms with Gasteiger partial charge in [0.05, 0.1) is 7.11 Å². The molecule has 0 heterocycles. The Morgan fingerprint density at radius 1 is 0.949 bits per heavy atom. The number of aryl methyl sites for hydroxylation is 2. The molecule has 2 atom stereocenters. The highest BCUT2D eigenvalue weighted by molar-refractivity contribution is 5.94. The van der Waals surface area contributed by atoms with Crippen molar-refractivity contribution in [3.8, 4) is 5.75 Å². The number of Topliss-reactive ketones (excluding diaryl/α,β-unsaturated/α-hetero) is 1. The van der Waals surface area contributed by atoms with Gasteiger partial charge in [-0.05, 0) is 98.1 Å². The average molecular weight is 527 g/mol. The van der Waals surface area contributed by atoms with Crippen molar-refractivity contribution >= 4 is 11.8 Å². The van der Waals surface area contributed by atoms with Gasteiger partial charge < -0.3 is 9.47 Å². The zero-order valence-electron chi connectivity index (χ0n) is 23.5. The molecule has 0 N–H and O–H groups in total. The highest BCUT2D eigenvalue weighted by Gasteiger charge is 2.24. The highest BCUT2D eigenvalue weighted by Crippen LogP contribution is 2.39. The van der Waals surface area contributed by atoms with E-state index in [9.17, 15) is 9.59 Å². The first-order valence-electron chi connectivity index (χ1n) is 14.5. The van der Waals surface area contributed by atoms with E-state index in [2.05, 4.69) is 42.5 Å². The van der Waals surface area contributed by atoms with E-state index in [4.69, 9.17) is 9.47 Å². The molecule has 4 heteroatoms. The van der Waals surface area contributed by atoms with E-state index in [0.717, 1.165) is 56.3 Å². The first-order valence-corrected chi connectivity index (χ1v) is 14.5. The van der Waals surface area contributed by atoms with Gasteiger partial charge in [0.1, 0.15) is 12.4 Å². The lowest BCUT2D eigenvalue weighted by molar-refractivity contribution is -0.140. The first kappa shape index (κ1) is 28.6. The Morgan fingerprint density at radius 2 is 1.74 bits per heavy atom. The normalized spacial score (nSPS) is 15.3. The van der Waals surface area contributed by atoms with Crippen LogP contribution in [0.3, 0.4) is 0 Å². The van der Waals surface area contributed by atoms with Crippen LogP contribution < -0.4 is 4.74 Å². The van der Waals surface area contributed by atoms with Gasteiger partial charge in [0.15, 0.2) is 5.78 Å². The van der Waals surface area contributed by atoms with Gasteiger partial charge in [-0.15, -0.1) is 0 Å². The number of hydrogen-bond acceptors (Lipinski definition) is 4. The number of esters is 1. The van der Waals surface area contributed by atoms with E-state index >= 15 is 0 Å². The van der Waals surface area contributed by atoms with Crippen LogP contribution in [0.25, 0.3) is 0 Å². The van der Waals surface area contributed by atoms with E-state index in [1.807, 2.05) is 30.3 Å². The molecule has 4 nitrogen and oxygen atoms in total. The fourth-order valence-corrected chi connectivity index (χ4v) is 5.91. The number of carbonyl (C=O) groups is 2. The molecule has 4 rings (SSSR count). The molecule has 0 amide bonds. The van der Waals surface area contributed by atoms with Crippen LogP contribution in [0, 0.1) is 5.92 Å². The SMILES string of the molecule is COC(=O)CCCCC(CCc1ccccc1OCc1ccccc1)CC1CCCc2cc(C(C)=O)ccc21. The van der Waals surface area contributed by atoms with Crippen molar-refractivity contribution in [1.29, 1.82) is 0 Å². The van der Waals surface area contributed by atoms with Gasteiger partial charge in [-0.25, -0.2) is 0 Å². The van der Waals surface area contributed by atoms with E-state index in [-0.39, 0.29) is 11.8 Å². The van der Waals surface area contributed by atoms with Gasteiger partial charge in [0, 0.05) is 12.0 Å². The summed E-state index contributed by atoms with van der Waals surface area (Å²) in [6.07, 6.45) is 10.1. The summed E-state index contributed by atoms with van der Waals surface area (Å²) < 4.78 is 11.1. The fraction of sp³-hybridized carbons (Fsp3) is 0.429. The lowest BCUT2D eigenvalue weighted by atomic mass is 9.75. The van der Waals surface area contributed by atoms with Crippen molar-refractivity contribution in [3.63, 3.8) is 0 Å². The minimum absolute atomic E-state index is 0.126. The predicted molar refractivity (Wildman–Crippen MR) is 156 cm³/mol. The Morgan fingerprint density at radius 3 is 2.54 bits per heavy atom. The van der Waals surface area contributed by atoms with E-state index in [0.29, 0.717) is 24.9 Å². The second-order valence-electron chi connectivity index (χ2n) is 10.9. The summed E-state index contributed by atoms with van der Waals surface area (Å²) in [5.74, 6) is 2.04. The maximum Gasteiger partial charge on any atom is 0.305 e. The lowest BCUT2D eigenvalue weighted by Crippen LogP contribution is -2.16. The predicted octanol–water partition coefficient (Wildman–Crippen LogP) is 8.26. The molecule has 0 saturated carbocycles. The van der Waals surface area contributed by atoms with Crippen molar-refractivity contribution < 1.29 is 19.1 Å². The van der Waals surface area contributed by atoms with E-state index < -0.39 is 0 Å². The van der Waals surface area contributed by atoms with Crippen LogP contribution in [0.5, 0.6) is 5.75 Å². The molecule has 3 aromatic carbocycles. The van der Waals surface area contributed by atoms with Gasteiger partial charge >= 0.3 is 5.97 Å². The summed E-state index contributed by atoms with van der Waals surface area (Å²) >= 11 is 0. The van der Waals surface area contributed by atoms with Crippen molar-refractivity contribution in [2.75, 3.05) is 7.11 Å². The molecule has 0 fully saturated rings. The number of rotatable bonds is 14. The molecule has 0 radical (unpaired) electrons. The largest absolute Gasteiger partial charge is 0.489 e. The van der Waals surface area contributed by atoms with Crippen LogP contribution >= 0.6 is 0 Å². The fourth-order valence-electron chi connectivity index (χ4n) is 5.91. The van der Waals surface area contributed by atoms with Crippen LogP contribution in [0.1, 0.15) is 96.8 Å². The summed E-state index contributed by atoms with van der Waals surface area (Å²) in [6.45, 7) is 2.21. The number of benzene rings is 3. The summed E-state index contributed by atoms with van der Waals surface area (Å²) in [5, 5.41) is 0. The summed E-state index contributed by atoms with van der Waals surface area (Å²) in [4.78, 5) is 23.6. The zero-order valence-corrected chi connectivity index (χ0v) is 23.5. The summed E-state index contributed by atoms with van der Waals surface area (Å²) in [6, 6.07) is 25.0. The Hall–Kier alpha value is -3.40.